The fraction of sp³-hybridized carbons (Fsp3) is 0.882. The Kier molecular flexibility index (Phi) is 11.1. The summed E-state index contributed by atoms with van der Waals surface area (Å²) in [5.74, 6) is 0.00451. The highest BCUT2D eigenvalue weighted by Gasteiger charge is 2.25. The van der Waals surface area contributed by atoms with Gasteiger partial charge in [0.25, 0.3) is 3.91 Å². The Balaban J connectivity index is 4.05. The van der Waals surface area contributed by atoms with E-state index >= 15 is 0 Å². The Morgan fingerprint density at radius 3 is 2.13 bits per heavy atom. The molecule has 1 unspecified atom stereocenters. The van der Waals surface area contributed by atoms with Gasteiger partial charge in [-0.2, -0.15) is 0 Å². The van der Waals surface area contributed by atoms with Crippen LogP contribution in [0.5, 0.6) is 0 Å². The second kappa shape index (κ2) is 11.2. The molecule has 6 heteroatoms. The molecule has 0 saturated heterocycles. The minimum absolute atomic E-state index is 0.00451. The molecule has 0 aromatic carbocycles. The van der Waals surface area contributed by atoms with Gasteiger partial charge in [0, 0.05) is 48.7 Å². The monoisotopic (exact) mass is 440 g/mol. The molecule has 0 aliphatic heterocycles. The van der Waals surface area contributed by atoms with Crippen molar-refractivity contribution >= 4 is 32.4 Å². The highest BCUT2D eigenvalue weighted by atomic mass is 127. The van der Waals surface area contributed by atoms with Crippen LogP contribution >= 0.6 is 22.6 Å². The van der Waals surface area contributed by atoms with Gasteiger partial charge in [0.2, 0.25) is 5.91 Å². The van der Waals surface area contributed by atoms with Crippen LogP contribution < -0.4 is 10.6 Å². The summed E-state index contributed by atoms with van der Waals surface area (Å²) in [6.45, 7) is 12.5. The molecule has 2 amide bonds. The zero-order valence-corrected chi connectivity index (χ0v) is 17.4. The first-order valence-corrected chi connectivity index (χ1v) is 9.56. The first-order chi connectivity index (χ1) is 10.6. The lowest BCUT2D eigenvalue weighted by Crippen LogP contribution is -2.35. The van der Waals surface area contributed by atoms with E-state index in [2.05, 4.69) is 45.3 Å². The van der Waals surface area contributed by atoms with Crippen LogP contribution in [0.15, 0.2) is 0 Å². The van der Waals surface area contributed by atoms with Crippen LogP contribution in [0.1, 0.15) is 66.7 Å². The first kappa shape index (κ1) is 22.6. The number of rotatable bonds is 12. The summed E-state index contributed by atoms with van der Waals surface area (Å²) in [7, 11) is 0. The number of ether oxygens (including phenoxy) is 1. The van der Waals surface area contributed by atoms with Crippen LogP contribution in [-0.4, -0.2) is 35.1 Å². The van der Waals surface area contributed by atoms with Crippen molar-refractivity contribution in [3.8, 4) is 0 Å². The summed E-state index contributed by atoms with van der Waals surface area (Å²) < 4.78 is 5.97. The molecule has 0 heterocycles. The van der Waals surface area contributed by atoms with Crippen molar-refractivity contribution in [1.82, 2.24) is 10.6 Å². The summed E-state index contributed by atoms with van der Waals surface area (Å²) in [5, 5.41) is 5.45. The van der Waals surface area contributed by atoms with Crippen LogP contribution in [0.2, 0.25) is 0 Å². The third-order valence-corrected chi connectivity index (χ3v) is 4.91. The van der Waals surface area contributed by atoms with Crippen LogP contribution in [-0.2, 0) is 9.53 Å². The van der Waals surface area contributed by atoms with Crippen molar-refractivity contribution in [3.63, 3.8) is 0 Å². The van der Waals surface area contributed by atoms with E-state index in [1.54, 1.807) is 22.6 Å². The predicted molar refractivity (Wildman–Crippen MR) is 103 cm³/mol. The van der Waals surface area contributed by atoms with Crippen molar-refractivity contribution < 1.29 is 14.3 Å². The van der Waals surface area contributed by atoms with E-state index in [-0.39, 0.29) is 15.4 Å². The molecule has 0 spiro atoms. The summed E-state index contributed by atoms with van der Waals surface area (Å²) in [4.78, 5) is 22.6. The standard InChI is InChI=1S/C17H33IN2O3/c1-6-16(3,4)10-13-23-17(5,7-2)9-8-14(21)19-11-12-20-15(18)22/h6-13H2,1-5H3,(H,19,21)(H,20,22). The Morgan fingerprint density at radius 2 is 1.61 bits per heavy atom. The minimum Gasteiger partial charge on any atom is -0.375 e. The smallest absolute Gasteiger partial charge is 0.280 e. The van der Waals surface area contributed by atoms with Crippen LogP contribution in [0.4, 0.5) is 4.79 Å². The van der Waals surface area contributed by atoms with Gasteiger partial charge in [0.1, 0.15) is 0 Å². The largest absolute Gasteiger partial charge is 0.375 e. The van der Waals surface area contributed by atoms with E-state index in [0.29, 0.717) is 31.3 Å². The number of halogens is 1. The molecule has 5 nitrogen and oxygen atoms in total. The molecule has 1 atom stereocenters. The number of carbonyl (C=O) groups excluding carboxylic acids is 2. The molecule has 23 heavy (non-hydrogen) atoms. The van der Waals surface area contributed by atoms with Crippen molar-refractivity contribution in [2.45, 2.75) is 72.3 Å². The zero-order chi connectivity index (χ0) is 17.9. The van der Waals surface area contributed by atoms with Crippen molar-refractivity contribution in [2.75, 3.05) is 19.7 Å². The molecule has 0 aromatic heterocycles. The third-order valence-electron chi connectivity index (χ3n) is 4.53. The lowest BCUT2D eigenvalue weighted by atomic mass is 9.87. The average Bonchev–Trinajstić information content (AvgIpc) is 2.49. The maximum atomic E-state index is 11.8. The predicted octanol–water partition coefficient (Wildman–Crippen LogP) is 4.04. The van der Waals surface area contributed by atoms with E-state index < -0.39 is 0 Å². The highest BCUT2D eigenvalue weighted by Crippen LogP contribution is 2.27. The molecule has 0 bridgehead atoms. The lowest BCUT2D eigenvalue weighted by molar-refractivity contribution is -0.123. The maximum Gasteiger partial charge on any atom is 0.280 e. The summed E-state index contributed by atoms with van der Waals surface area (Å²) >= 11 is 1.67. The van der Waals surface area contributed by atoms with Crippen LogP contribution in [0, 0.1) is 5.41 Å². The van der Waals surface area contributed by atoms with Gasteiger partial charge in [-0.05, 0) is 31.6 Å². The summed E-state index contributed by atoms with van der Waals surface area (Å²) in [6.07, 6.45) is 4.20. The van der Waals surface area contributed by atoms with E-state index in [1.807, 2.05) is 0 Å². The van der Waals surface area contributed by atoms with Crippen molar-refractivity contribution in [3.05, 3.63) is 0 Å². The summed E-state index contributed by atoms with van der Waals surface area (Å²) in [5.41, 5.74) is 0.0483. The molecule has 0 saturated carbocycles. The van der Waals surface area contributed by atoms with E-state index in [0.717, 1.165) is 25.9 Å². The van der Waals surface area contributed by atoms with Gasteiger partial charge >= 0.3 is 0 Å². The average molecular weight is 440 g/mol. The second-order valence-electron chi connectivity index (χ2n) is 6.97. The third kappa shape index (κ3) is 11.8. The normalized spacial score (nSPS) is 14.2. The Hall–Kier alpha value is -0.370. The molecule has 0 aromatic rings. The lowest BCUT2D eigenvalue weighted by Gasteiger charge is -2.31. The Labute approximate surface area is 154 Å². The molecule has 2 N–H and O–H groups in total. The van der Waals surface area contributed by atoms with Crippen molar-refractivity contribution in [1.29, 1.82) is 0 Å². The molecule has 0 radical (unpaired) electrons. The molecule has 0 aliphatic carbocycles. The number of hydrogen-bond donors (Lipinski definition) is 2. The van der Waals surface area contributed by atoms with Gasteiger partial charge in [-0.15, -0.1) is 0 Å². The van der Waals surface area contributed by atoms with Crippen LogP contribution in [0.25, 0.3) is 0 Å². The molecular formula is C17H33IN2O3. The van der Waals surface area contributed by atoms with Gasteiger partial charge in [0.05, 0.1) is 5.60 Å². The van der Waals surface area contributed by atoms with E-state index in [1.165, 1.54) is 0 Å². The maximum absolute atomic E-state index is 11.8. The second-order valence-corrected chi connectivity index (χ2v) is 7.95. The number of amides is 2. The van der Waals surface area contributed by atoms with Gasteiger partial charge in [-0.3, -0.25) is 9.59 Å². The van der Waals surface area contributed by atoms with Gasteiger partial charge < -0.3 is 15.4 Å². The molecule has 136 valence electrons. The Morgan fingerprint density at radius 1 is 1.00 bits per heavy atom. The van der Waals surface area contributed by atoms with Gasteiger partial charge in [0.15, 0.2) is 0 Å². The number of carbonyl (C=O) groups is 2. The SMILES string of the molecule is CCC(C)(C)CCOC(C)(CC)CCC(=O)NCCNC(=O)I. The van der Waals surface area contributed by atoms with Gasteiger partial charge in [-0.25, -0.2) is 0 Å². The topological polar surface area (TPSA) is 67.4 Å². The Bertz CT molecular complexity index is 375. The van der Waals surface area contributed by atoms with Crippen molar-refractivity contribution in [2.24, 2.45) is 5.41 Å². The minimum atomic E-state index is -0.252. The quantitative estimate of drug-likeness (QED) is 0.208. The summed E-state index contributed by atoms with van der Waals surface area (Å²) in [6, 6.07) is 0. The van der Waals surface area contributed by atoms with E-state index in [4.69, 9.17) is 4.74 Å². The molecular weight excluding hydrogens is 407 g/mol. The molecule has 0 aliphatic rings. The molecule has 0 rings (SSSR count). The highest BCUT2D eigenvalue weighted by molar-refractivity contribution is 14.1. The molecule has 0 fully saturated rings. The fourth-order valence-corrected chi connectivity index (χ4v) is 2.20. The first-order valence-electron chi connectivity index (χ1n) is 8.48. The fourth-order valence-electron chi connectivity index (χ4n) is 1.93. The number of nitrogens with one attached hydrogen (secondary N) is 2. The van der Waals surface area contributed by atoms with Crippen LogP contribution in [0.3, 0.4) is 0 Å². The number of hydrogen-bond acceptors (Lipinski definition) is 3. The van der Waals surface area contributed by atoms with Gasteiger partial charge in [-0.1, -0.05) is 34.1 Å². The van der Waals surface area contributed by atoms with E-state index in [9.17, 15) is 9.59 Å². The zero-order valence-electron chi connectivity index (χ0n) is 15.3.